The van der Waals surface area contributed by atoms with Gasteiger partial charge in [-0.25, -0.2) is 0 Å². The number of nitrogens with one attached hydrogen (secondary N) is 1. The van der Waals surface area contributed by atoms with Crippen molar-refractivity contribution in [2.45, 2.75) is 45.8 Å². The molecule has 0 spiro atoms. The molecule has 2 rings (SSSR count). The van der Waals surface area contributed by atoms with Crippen molar-refractivity contribution >= 4 is 24.3 Å². The van der Waals surface area contributed by atoms with Gasteiger partial charge in [0.2, 0.25) is 5.91 Å². The Hall–Kier alpha value is -1.40. The van der Waals surface area contributed by atoms with Crippen LogP contribution in [0.5, 0.6) is 0 Å². The molecule has 19 heavy (non-hydrogen) atoms. The summed E-state index contributed by atoms with van der Waals surface area (Å²) < 4.78 is 11.8. The molecule has 0 atom stereocenters. The van der Waals surface area contributed by atoms with Gasteiger partial charge in [0.1, 0.15) is 0 Å². The van der Waals surface area contributed by atoms with Gasteiger partial charge >= 0.3 is 7.12 Å². The molecule has 1 N–H and O–H groups in total. The van der Waals surface area contributed by atoms with E-state index >= 15 is 0 Å². The zero-order valence-electron chi connectivity index (χ0n) is 12.0. The first-order chi connectivity index (χ1) is 8.71. The molecular formula is C13H19BN2O3. The van der Waals surface area contributed by atoms with Crippen LogP contribution in [0, 0.1) is 0 Å². The molecule has 0 aliphatic carbocycles. The summed E-state index contributed by atoms with van der Waals surface area (Å²) in [5.74, 6) is -0.120. The average molecular weight is 262 g/mol. The Morgan fingerprint density at radius 3 is 2.21 bits per heavy atom. The zero-order valence-corrected chi connectivity index (χ0v) is 12.0. The summed E-state index contributed by atoms with van der Waals surface area (Å²) in [6.45, 7) is 9.46. The van der Waals surface area contributed by atoms with Gasteiger partial charge in [0, 0.05) is 13.1 Å². The molecule has 5 nitrogen and oxygen atoms in total. The van der Waals surface area contributed by atoms with Gasteiger partial charge in [0.15, 0.2) is 0 Å². The minimum absolute atomic E-state index is 0.120. The maximum Gasteiger partial charge on any atom is 0.514 e. The Morgan fingerprint density at radius 2 is 1.79 bits per heavy atom. The van der Waals surface area contributed by atoms with Crippen LogP contribution in [0.2, 0.25) is 0 Å². The minimum atomic E-state index is -0.476. The van der Waals surface area contributed by atoms with Crippen molar-refractivity contribution in [1.82, 2.24) is 4.98 Å². The van der Waals surface area contributed by atoms with Crippen molar-refractivity contribution in [2.75, 3.05) is 5.32 Å². The quantitative estimate of drug-likeness (QED) is 0.817. The van der Waals surface area contributed by atoms with Crippen molar-refractivity contribution in [1.29, 1.82) is 0 Å². The number of hydrogen-bond donors (Lipinski definition) is 1. The van der Waals surface area contributed by atoms with Gasteiger partial charge in [-0.05, 0) is 39.8 Å². The van der Waals surface area contributed by atoms with E-state index in [1.165, 1.54) is 6.92 Å². The van der Waals surface area contributed by atoms with E-state index < -0.39 is 7.12 Å². The first-order valence-electron chi connectivity index (χ1n) is 6.30. The van der Waals surface area contributed by atoms with Gasteiger partial charge in [-0.2, -0.15) is 0 Å². The molecule has 1 saturated heterocycles. The monoisotopic (exact) mass is 262 g/mol. The van der Waals surface area contributed by atoms with Crippen LogP contribution in [0.15, 0.2) is 18.3 Å². The van der Waals surface area contributed by atoms with Crippen molar-refractivity contribution in [3.8, 4) is 0 Å². The van der Waals surface area contributed by atoms with Crippen LogP contribution >= 0.6 is 0 Å². The van der Waals surface area contributed by atoms with Crippen LogP contribution in [-0.2, 0) is 14.1 Å². The summed E-state index contributed by atoms with van der Waals surface area (Å²) >= 11 is 0. The largest absolute Gasteiger partial charge is 0.514 e. The molecule has 102 valence electrons. The molecular weight excluding hydrogens is 243 g/mol. The first kappa shape index (κ1) is 14.0. The van der Waals surface area contributed by atoms with E-state index in [2.05, 4.69) is 10.3 Å². The van der Waals surface area contributed by atoms with Gasteiger partial charge in [-0.15, -0.1) is 0 Å². The number of carbonyl (C=O) groups excluding carboxylic acids is 1. The highest BCUT2D eigenvalue weighted by Gasteiger charge is 2.52. The number of nitrogens with zero attached hydrogens (tertiary/aromatic N) is 1. The summed E-state index contributed by atoms with van der Waals surface area (Å²) in [6, 6.07) is 3.59. The summed E-state index contributed by atoms with van der Waals surface area (Å²) in [5.41, 5.74) is 0.603. The van der Waals surface area contributed by atoms with Crippen molar-refractivity contribution in [2.24, 2.45) is 0 Å². The highest BCUT2D eigenvalue weighted by molar-refractivity contribution is 6.61. The second kappa shape index (κ2) is 4.61. The Bertz CT molecular complexity index is 469. The van der Waals surface area contributed by atoms with Crippen LogP contribution in [0.4, 0.5) is 5.69 Å². The van der Waals surface area contributed by atoms with Crippen LogP contribution in [0.25, 0.3) is 0 Å². The molecule has 0 aromatic carbocycles. The van der Waals surface area contributed by atoms with Gasteiger partial charge in [-0.1, -0.05) is 0 Å². The summed E-state index contributed by atoms with van der Waals surface area (Å²) in [6.07, 6.45) is 1.60. The Kier molecular flexibility index (Phi) is 3.41. The lowest BCUT2D eigenvalue weighted by Gasteiger charge is -2.32. The predicted molar refractivity (Wildman–Crippen MR) is 74.3 cm³/mol. The molecule has 1 aromatic rings. The molecule has 2 heterocycles. The Labute approximate surface area is 113 Å². The number of hydrogen-bond acceptors (Lipinski definition) is 4. The lowest BCUT2D eigenvalue weighted by Crippen LogP contribution is -2.41. The molecule has 0 bridgehead atoms. The lowest BCUT2D eigenvalue weighted by molar-refractivity contribution is -0.114. The molecule has 6 heteroatoms. The fraction of sp³-hybridized carbons (Fsp3) is 0.538. The van der Waals surface area contributed by atoms with Gasteiger partial charge in [-0.3, -0.25) is 9.78 Å². The van der Waals surface area contributed by atoms with E-state index in [1.54, 1.807) is 18.3 Å². The van der Waals surface area contributed by atoms with Gasteiger partial charge < -0.3 is 14.6 Å². The van der Waals surface area contributed by atoms with Crippen LogP contribution < -0.4 is 10.9 Å². The van der Waals surface area contributed by atoms with E-state index in [-0.39, 0.29) is 17.1 Å². The maximum atomic E-state index is 10.9. The number of anilines is 1. The highest BCUT2D eigenvalue weighted by Crippen LogP contribution is 2.36. The molecule has 0 radical (unpaired) electrons. The highest BCUT2D eigenvalue weighted by atomic mass is 16.7. The average Bonchev–Trinajstić information content (AvgIpc) is 2.48. The third-order valence-electron chi connectivity index (χ3n) is 3.60. The van der Waals surface area contributed by atoms with Gasteiger partial charge in [0.05, 0.1) is 22.5 Å². The molecule has 1 aliphatic rings. The van der Waals surface area contributed by atoms with Crippen molar-refractivity contribution < 1.29 is 14.1 Å². The molecule has 0 unspecified atom stereocenters. The van der Waals surface area contributed by atoms with Crippen LogP contribution in [-0.4, -0.2) is 29.2 Å². The summed E-state index contributed by atoms with van der Waals surface area (Å²) in [4.78, 5) is 15.2. The summed E-state index contributed by atoms with van der Waals surface area (Å²) in [5, 5.41) is 2.67. The van der Waals surface area contributed by atoms with Gasteiger partial charge in [0.25, 0.3) is 0 Å². The number of carbonyl (C=O) groups is 1. The second-order valence-electron chi connectivity index (χ2n) is 5.74. The molecule has 0 saturated carbocycles. The standard InChI is InChI=1S/C13H19BN2O3/c1-9(17)16-10-6-7-11(15-8-10)14-18-12(2,3)13(4,5)19-14/h6-8H,1-5H3,(H,16,17). The maximum absolute atomic E-state index is 10.9. The Balaban J connectivity index is 2.14. The zero-order chi connectivity index (χ0) is 14.3. The van der Waals surface area contributed by atoms with E-state index in [9.17, 15) is 4.79 Å². The summed E-state index contributed by atoms with van der Waals surface area (Å²) in [7, 11) is -0.476. The normalized spacial score (nSPS) is 20.4. The molecule has 1 aliphatic heterocycles. The predicted octanol–water partition coefficient (Wildman–Crippen LogP) is 1.34. The van der Waals surface area contributed by atoms with E-state index in [0.717, 1.165) is 0 Å². The fourth-order valence-corrected chi connectivity index (χ4v) is 1.79. The molecule has 1 fully saturated rings. The molecule has 1 amide bonds. The number of pyridine rings is 1. The number of aromatic nitrogens is 1. The van der Waals surface area contributed by atoms with Crippen LogP contribution in [0.3, 0.4) is 0 Å². The van der Waals surface area contributed by atoms with E-state index in [0.29, 0.717) is 11.3 Å². The SMILES string of the molecule is CC(=O)Nc1ccc(B2OC(C)(C)C(C)(C)O2)nc1. The third-order valence-corrected chi connectivity index (χ3v) is 3.60. The minimum Gasteiger partial charge on any atom is -0.398 e. The molecule has 1 aromatic heterocycles. The Morgan fingerprint density at radius 1 is 1.21 bits per heavy atom. The lowest BCUT2D eigenvalue weighted by atomic mass is 9.84. The van der Waals surface area contributed by atoms with E-state index in [4.69, 9.17) is 9.31 Å². The van der Waals surface area contributed by atoms with Crippen LogP contribution in [0.1, 0.15) is 34.6 Å². The third kappa shape index (κ3) is 2.79. The smallest absolute Gasteiger partial charge is 0.398 e. The number of amides is 1. The first-order valence-corrected chi connectivity index (χ1v) is 6.30. The fourth-order valence-electron chi connectivity index (χ4n) is 1.79. The number of rotatable bonds is 2. The topological polar surface area (TPSA) is 60.5 Å². The van der Waals surface area contributed by atoms with Crippen molar-refractivity contribution in [3.05, 3.63) is 18.3 Å². The second-order valence-corrected chi connectivity index (χ2v) is 5.74. The van der Waals surface area contributed by atoms with E-state index in [1.807, 2.05) is 27.7 Å². The van der Waals surface area contributed by atoms with Crippen molar-refractivity contribution in [3.63, 3.8) is 0 Å².